The largest absolute Gasteiger partial charge is 0.392 e. The van der Waals surface area contributed by atoms with Gasteiger partial charge in [0.15, 0.2) is 0 Å². The summed E-state index contributed by atoms with van der Waals surface area (Å²) in [5.41, 5.74) is 5.14. The van der Waals surface area contributed by atoms with Crippen LogP contribution in [0.15, 0.2) is 0 Å². The Balaban J connectivity index is 2.26. The van der Waals surface area contributed by atoms with Crippen molar-refractivity contribution >= 4 is 23.1 Å². The molecular formula is C12H22N2OS. The average Bonchev–Trinajstić information content (AvgIpc) is 2.15. The first-order valence-corrected chi connectivity index (χ1v) is 6.62. The molecule has 0 aromatic heterocycles. The Morgan fingerprint density at radius 2 is 2.06 bits per heavy atom. The van der Waals surface area contributed by atoms with Gasteiger partial charge in [-0.1, -0.05) is 44.8 Å². The van der Waals surface area contributed by atoms with Gasteiger partial charge in [0.05, 0.1) is 10.4 Å². The van der Waals surface area contributed by atoms with Crippen LogP contribution in [0, 0.1) is 5.41 Å². The van der Waals surface area contributed by atoms with Crippen molar-refractivity contribution in [2.75, 3.05) is 6.54 Å². The summed E-state index contributed by atoms with van der Waals surface area (Å²) in [5.74, 6) is 0.0442. The molecule has 0 aromatic carbocycles. The van der Waals surface area contributed by atoms with Crippen molar-refractivity contribution < 1.29 is 4.79 Å². The quantitative estimate of drug-likeness (QED) is 0.531. The zero-order chi connectivity index (χ0) is 12.0. The predicted molar refractivity (Wildman–Crippen MR) is 70.2 cm³/mol. The lowest BCUT2D eigenvalue weighted by Crippen LogP contribution is -2.53. The van der Waals surface area contributed by atoms with Gasteiger partial charge in [0.2, 0.25) is 5.91 Å². The van der Waals surface area contributed by atoms with Crippen molar-refractivity contribution in [3.63, 3.8) is 0 Å². The van der Waals surface area contributed by atoms with Crippen molar-refractivity contribution in [1.82, 2.24) is 5.32 Å². The minimum atomic E-state index is -0.514. The lowest BCUT2D eigenvalue weighted by molar-refractivity contribution is -0.130. The van der Waals surface area contributed by atoms with Crippen LogP contribution in [0.2, 0.25) is 0 Å². The Labute approximate surface area is 103 Å². The Hall–Kier alpha value is -0.640. The maximum Gasteiger partial charge on any atom is 0.233 e. The molecule has 0 heterocycles. The Morgan fingerprint density at radius 3 is 2.50 bits per heavy atom. The highest BCUT2D eigenvalue weighted by molar-refractivity contribution is 7.80. The molecular weight excluding hydrogens is 220 g/mol. The van der Waals surface area contributed by atoms with Crippen LogP contribution in [0.4, 0.5) is 0 Å². The number of hydrogen-bond donors (Lipinski definition) is 2. The summed E-state index contributed by atoms with van der Waals surface area (Å²) in [4.78, 5) is 12.3. The number of nitrogens with one attached hydrogen (secondary N) is 1. The van der Waals surface area contributed by atoms with Crippen molar-refractivity contribution in [2.24, 2.45) is 11.1 Å². The van der Waals surface area contributed by atoms with E-state index in [-0.39, 0.29) is 5.91 Å². The number of amides is 1. The maximum atomic E-state index is 11.9. The zero-order valence-electron chi connectivity index (χ0n) is 10.1. The summed E-state index contributed by atoms with van der Waals surface area (Å²) in [5, 5.41) is 2.96. The third kappa shape index (κ3) is 2.94. The van der Waals surface area contributed by atoms with Crippen molar-refractivity contribution in [3.8, 4) is 0 Å². The second kappa shape index (κ2) is 6.18. The molecule has 0 unspecified atom stereocenters. The second-order valence-electron chi connectivity index (χ2n) is 4.62. The third-order valence-corrected chi connectivity index (χ3v) is 3.82. The molecule has 1 aliphatic carbocycles. The number of carbonyl (C=O) groups is 1. The van der Waals surface area contributed by atoms with Crippen LogP contribution in [-0.4, -0.2) is 17.4 Å². The van der Waals surface area contributed by atoms with Gasteiger partial charge in [0.25, 0.3) is 0 Å². The highest BCUT2D eigenvalue weighted by atomic mass is 32.1. The number of hydrogen-bond acceptors (Lipinski definition) is 2. The van der Waals surface area contributed by atoms with Gasteiger partial charge in [-0.2, -0.15) is 0 Å². The van der Waals surface area contributed by atoms with Crippen LogP contribution < -0.4 is 11.1 Å². The maximum absolute atomic E-state index is 11.9. The summed E-state index contributed by atoms with van der Waals surface area (Å²) in [6.45, 7) is 2.93. The van der Waals surface area contributed by atoms with Gasteiger partial charge in [-0.05, 0) is 19.3 Å². The molecule has 92 valence electrons. The van der Waals surface area contributed by atoms with Gasteiger partial charge in [0, 0.05) is 6.54 Å². The zero-order valence-corrected chi connectivity index (χ0v) is 10.9. The molecule has 0 bridgehead atoms. The molecule has 0 spiro atoms. The molecule has 0 atom stereocenters. The first kappa shape index (κ1) is 13.4. The summed E-state index contributed by atoms with van der Waals surface area (Å²) in [6.07, 6.45) is 7.37. The van der Waals surface area contributed by atoms with Crippen LogP contribution in [0.25, 0.3) is 0 Å². The van der Waals surface area contributed by atoms with Crippen LogP contribution in [-0.2, 0) is 4.79 Å². The average molecular weight is 242 g/mol. The van der Waals surface area contributed by atoms with E-state index in [4.69, 9.17) is 18.0 Å². The lowest BCUT2D eigenvalue weighted by atomic mass is 9.68. The molecule has 3 nitrogen and oxygen atoms in total. The molecule has 1 rings (SSSR count). The van der Waals surface area contributed by atoms with Crippen LogP contribution in [0.1, 0.15) is 51.9 Å². The van der Waals surface area contributed by atoms with E-state index in [1.807, 2.05) is 0 Å². The number of unbranched alkanes of at least 4 members (excludes halogenated alkanes) is 3. The fourth-order valence-corrected chi connectivity index (χ4v) is 2.34. The SMILES string of the molecule is CCCCCCNC(=O)C1(C(N)=S)CCC1. The molecule has 0 aromatic rings. The standard InChI is InChI=1S/C12H22N2OS/c1-2-3-4-5-9-14-11(15)12(10(13)16)7-6-8-12/h2-9H2,1H3,(H2,13,16)(H,14,15). The molecule has 0 saturated heterocycles. The van der Waals surface area contributed by atoms with E-state index in [2.05, 4.69) is 12.2 Å². The first-order valence-electron chi connectivity index (χ1n) is 6.21. The Morgan fingerprint density at radius 1 is 1.38 bits per heavy atom. The van der Waals surface area contributed by atoms with Crippen LogP contribution in [0.3, 0.4) is 0 Å². The summed E-state index contributed by atoms with van der Waals surface area (Å²) >= 11 is 4.99. The number of rotatable bonds is 7. The van der Waals surface area contributed by atoms with E-state index >= 15 is 0 Å². The Bertz CT molecular complexity index is 262. The molecule has 16 heavy (non-hydrogen) atoms. The number of thiocarbonyl (C=S) groups is 1. The fraction of sp³-hybridized carbons (Fsp3) is 0.833. The van der Waals surface area contributed by atoms with Crippen LogP contribution >= 0.6 is 12.2 Å². The molecule has 1 aliphatic rings. The van der Waals surface area contributed by atoms with Gasteiger partial charge >= 0.3 is 0 Å². The molecule has 1 amide bonds. The normalized spacial score (nSPS) is 17.6. The van der Waals surface area contributed by atoms with Gasteiger partial charge in [-0.3, -0.25) is 4.79 Å². The minimum absolute atomic E-state index is 0.0442. The van der Waals surface area contributed by atoms with Crippen molar-refractivity contribution in [3.05, 3.63) is 0 Å². The van der Waals surface area contributed by atoms with Gasteiger partial charge < -0.3 is 11.1 Å². The Kier molecular flexibility index (Phi) is 5.19. The molecule has 1 saturated carbocycles. The second-order valence-corrected chi connectivity index (χ2v) is 5.06. The van der Waals surface area contributed by atoms with Gasteiger partial charge in [-0.15, -0.1) is 0 Å². The summed E-state index contributed by atoms with van der Waals surface area (Å²) < 4.78 is 0. The summed E-state index contributed by atoms with van der Waals surface area (Å²) in [6, 6.07) is 0. The topological polar surface area (TPSA) is 55.1 Å². The highest BCUT2D eigenvalue weighted by Crippen LogP contribution is 2.41. The van der Waals surface area contributed by atoms with Crippen molar-refractivity contribution in [1.29, 1.82) is 0 Å². The van der Waals surface area contributed by atoms with E-state index in [0.29, 0.717) is 4.99 Å². The monoisotopic (exact) mass is 242 g/mol. The number of nitrogens with two attached hydrogens (primary N) is 1. The van der Waals surface area contributed by atoms with E-state index in [1.54, 1.807) is 0 Å². The van der Waals surface area contributed by atoms with Gasteiger partial charge in [0.1, 0.15) is 0 Å². The molecule has 0 aliphatic heterocycles. The highest BCUT2D eigenvalue weighted by Gasteiger charge is 2.46. The van der Waals surface area contributed by atoms with E-state index in [0.717, 1.165) is 32.2 Å². The van der Waals surface area contributed by atoms with Crippen molar-refractivity contribution in [2.45, 2.75) is 51.9 Å². The van der Waals surface area contributed by atoms with E-state index < -0.39 is 5.41 Å². The van der Waals surface area contributed by atoms with E-state index in [9.17, 15) is 4.79 Å². The molecule has 0 radical (unpaired) electrons. The first-order chi connectivity index (χ1) is 7.63. The van der Waals surface area contributed by atoms with E-state index in [1.165, 1.54) is 19.3 Å². The van der Waals surface area contributed by atoms with Gasteiger partial charge in [-0.25, -0.2) is 0 Å². The molecule has 4 heteroatoms. The number of carbonyl (C=O) groups excluding carboxylic acids is 1. The molecule has 1 fully saturated rings. The summed E-state index contributed by atoms with van der Waals surface area (Å²) in [7, 11) is 0. The lowest BCUT2D eigenvalue weighted by Gasteiger charge is -2.39. The molecule has 3 N–H and O–H groups in total. The predicted octanol–water partition coefficient (Wildman–Crippen LogP) is 2.14. The van der Waals surface area contributed by atoms with Crippen LogP contribution in [0.5, 0.6) is 0 Å². The fourth-order valence-electron chi connectivity index (χ4n) is 2.04. The minimum Gasteiger partial charge on any atom is -0.392 e. The third-order valence-electron chi connectivity index (χ3n) is 3.43. The smallest absolute Gasteiger partial charge is 0.233 e.